The third kappa shape index (κ3) is 9.15. The lowest BCUT2D eigenvalue weighted by Crippen LogP contribution is -2.38. The van der Waals surface area contributed by atoms with Crippen molar-refractivity contribution in [2.75, 3.05) is 19.8 Å². The molecule has 25 heavy (non-hydrogen) atoms. The van der Waals surface area contributed by atoms with Crippen LogP contribution in [0.2, 0.25) is 0 Å². The van der Waals surface area contributed by atoms with E-state index in [9.17, 15) is 9.59 Å². The Labute approximate surface area is 149 Å². The monoisotopic (exact) mass is 346 g/mol. The molecule has 136 valence electrons. The maximum atomic E-state index is 11.7. The van der Waals surface area contributed by atoms with Crippen LogP contribution < -0.4 is 0 Å². The predicted octanol–water partition coefficient (Wildman–Crippen LogP) is 3.67. The topological polar surface area (TPSA) is 61.8 Å². The highest BCUT2D eigenvalue weighted by atomic mass is 16.5. The molecule has 0 aromatic heterocycles. The van der Waals surface area contributed by atoms with E-state index >= 15 is 0 Å². The molecule has 0 heterocycles. The van der Waals surface area contributed by atoms with E-state index in [0.717, 1.165) is 6.08 Å². The summed E-state index contributed by atoms with van der Waals surface area (Å²) < 4.78 is 16.3. The number of esters is 1. The molecule has 0 spiro atoms. The number of ether oxygens (including phenoxy) is 3. The molecule has 0 radical (unpaired) electrons. The molecule has 0 amide bonds. The Morgan fingerprint density at radius 1 is 0.760 bits per heavy atom. The number of ketones is 1. The molecule has 0 saturated carbocycles. The fourth-order valence-corrected chi connectivity index (χ4v) is 1.72. The zero-order valence-electron chi connectivity index (χ0n) is 14.6. The van der Waals surface area contributed by atoms with E-state index in [-0.39, 0.29) is 32.0 Å². The van der Waals surface area contributed by atoms with Crippen molar-refractivity contribution in [3.8, 4) is 0 Å². The largest absolute Gasteiger partial charge is 0.493 e. The average Bonchev–Trinajstić information content (AvgIpc) is 2.65. The normalized spacial score (nSPS) is 10.1. The highest BCUT2D eigenvalue weighted by Gasteiger charge is 2.35. The van der Waals surface area contributed by atoms with E-state index in [1.165, 1.54) is 18.2 Å². The minimum Gasteiger partial charge on any atom is -0.493 e. The van der Waals surface area contributed by atoms with Crippen LogP contribution in [0.3, 0.4) is 0 Å². The van der Waals surface area contributed by atoms with Crippen LogP contribution >= 0.6 is 0 Å². The highest BCUT2D eigenvalue weighted by Crippen LogP contribution is 2.28. The van der Waals surface area contributed by atoms with Crippen LogP contribution in [0.15, 0.2) is 75.3 Å². The molecule has 0 aliphatic heterocycles. The summed E-state index contributed by atoms with van der Waals surface area (Å²) in [5.74, 6) is 0.00284. The summed E-state index contributed by atoms with van der Waals surface area (Å²) in [6, 6.07) is 0. The molecule has 0 bridgehead atoms. The Bertz CT molecular complexity index is 455. The number of allylic oxidation sites excluding steroid dienone is 3. The van der Waals surface area contributed by atoms with Crippen molar-refractivity contribution in [2.45, 2.75) is 12.8 Å². The van der Waals surface area contributed by atoms with Gasteiger partial charge in [-0.25, -0.2) is 4.79 Å². The van der Waals surface area contributed by atoms with Crippen LogP contribution in [0.5, 0.6) is 0 Å². The van der Waals surface area contributed by atoms with E-state index < -0.39 is 11.4 Å². The smallest absolute Gasteiger partial charge is 0.330 e. The maximum Gasteiger partial charge on any atom is 0.330 e. The minimum absolute atomic E-state index is 0.0306. The first kappa shape index (κ1) is 22.2. The van der Waals surface area contributed by atoms with Crippen LogP contribution in [-0.4, -0.2) is 31.6 Å². The van der Waals surface area contributed by atoms with E-state index in [0.29, 0.717) is 17.9 Å². The van der Waals surface area contributed by atoms with Crippen molar-refractivity contribution in [3.05, 3.63) is 75.3 Å². The highest BCUT2D eigenvalue weighted by molar-refractivity contribution is 5.89. The first-order valence-corrected chi connectivity index (χ1v) is 7.65. The standard InChI is InChI=1S/C20H26O5/c1-7-16(5)23-13-20(12-11-18(21)9-3,14-24-17(6)8-2)15-25-19(22)10-4/h7-10H,1-6,11-15H2. The van der Waals surface area contributed by atoms with Gasteiger partial charge < -0.3 is 14.2 Å². The van der Waals surface area contributed by atoms with Gasteiger partial charge in [0.15, 0.2) is 5.78 Å². The fraction of sp³-hybridized carbons (Fsp3) is 0.300. The molecule has 0 aliphatic rings. The zero-order valence-corrected chi connectivity index (χ0v) is 14.6. The lowest BCUT2D eigenvalue weighted by Gasteiger charge is -2.32. The van der Waals surface area contributed by atoms with E-state index in [1.807, 2.05) is 0 Å². The van der Waals surface area contributed by atoms with Crippen molar-refractivity contribution in [2.24, 2.45) is 5.41 Å². The quantitative estimate of drug-likeness (QED) is 0.196. The second kappa shape index (κ2) is 11.7. The third-order valence-electron chi connectivity index (χ3n) is 3.40. The van der Waals surface area contributed by atoms with Crippen molar-refractivity contribution >= 4 is 11.8 Å². The van der Waals surface area contributed by atoms with Gasteiger partial charge in [-0.15, -0.1) is 0 Å². The number of carbonyl (C=O) groups is 2. The van der Waals surface area contributed by atoms with Crippen LogP contribution in [0.25, 0.3) is 0 Å². The second-order valence-corrected chi connectivity index (χ2v) is 5.40. The van der Waals surface area contributed by atoms with Gasteiger partial charge in [0, 0.05) is 12.5 Å². The van der Waals surface area contributed by atoms with Crippen molar-refractivity contribution in [1.29, 1.82) is 0 Å². The summed E-state index contributed by atoms with van der Waals surface area (Å²) in [5, 5.41) is 0. The van der Waals surface area contributed by atoms with Crippen LogP contribution in [0, 0.1) is 5.41 Å². The van der Waals surface area contributed by atoms with Crippen LogP contribution in [-0.2, 0) is 23.8 Å². The Morgan fingerprint density at radius 3 is 1.64 bits per heavy atom. The number of rotatable bonds is 15. The summed E-state index contributed by atoms with van der Waals surface area (Å²) in [6.07, 6.45) is 5.76. The Balaban J connectivity index is 5.36. The molecule has 0 aromatic carbocycles. The fourth-order valence-electron chi connectivity index (χ4n) is 1.72. The van der Waals surface area contributed by atoms with Gasteiger partial charge >= 0.3 is 5.97 Å². The summed E-state index contributed by atoms with van der Waals surface area (Å²) in [4.78, 5) is 23.1. The molecule has 0 aliphatic carbocycles. The first-order valence-electron chi connectivity index (χ1n) is 7.65. The number of carbonyl (C=O) groups excluding carboxylic acids is 2. The van der Waals surface area contributed by atoms with Gasteiger partial charge in [0.2, 0.25) is 0 Å². The second-order valence-electron chi connectivity index (χ2n) is 5.40. The van der Waals surface area contributed by atoms with E-state index in [4.69, 9.17) is 14.2 Å². The molecule has 0 unspecified atom stereocenters. The van der Waals surface area contributed by atoms with Crippen molar-refractivity contribution in [1.82, 2.24) is 0 Å². The van der Waals surface area contributed by atoms with Gasteiger partial charge in [-0.2, -0.15) is 0 Å². The van der Waals surface area contributed by atoms with Gasteiger partial charge in [-0.05, 0) is 24.6 Å². The van der Waals surface area contributed by atoms with Crippen LogP contribution in [0.4, 0.5) is 0 Å². The van der Waals surface area contributed by atoms with E-state index in [2.05, 4.69) is 39.5 Å². The predicted molar refractivity (Wildman–Crippen MR) is 98.6 cm³/mol. The summed E-state index contributed by atoms with van der Waals surface area (Å²) in [7, 11) is 0. The molecular formula is C20H26O5. The summed E-state index contributed by atoms with van der Waals surface area (Å²) in [6.45, 7) is 21.5. The molecular weight excluding hydrogens is 320 g/mol. The zero-order chi connectivity index (χ0) is 19.3. The maximum absolute atomic E-state index is 11.7. The molecule has 0 fully saturated rings. The molecule has 0 rings (SSSR count). The number of hydrogen-bond donors (Lipinski definition) is 0. The molecule has 0 atom stereocenters. The van der Waals surface area contributed by atoms with Gasteiger partial charge in [-0.1, -0.05) is 39.5 Å². The Hall–Kier alpha value is -2.82. The molecule has 5 nitrogen and oxygen atoms in total. The van der Waals surface area contributed by atoms with Gasteiger partial charge in [0.1, 0.15) is 31.3 Å². The van der Waals surface area contributed by atoms with Crippen molar-refractivity contribution < 1.29 is 23.8 Å². The Morgan fingerprint density at radius 2 is 1.24 bits per heavy atom. The lowest BCUT2D eigenvalue weighted by molar-refractivity contribution is -0.144. The first-order chi connectivity index (χ1) is 11.8. The SMILES string of the molecule is C=CC(=C)OCC(CCC(=O)C=C)(COC(=C)C=C)COC(=O)C=C. The van der Waals surface area contributed by atoms with Gasteiger partial charge in [0.05, 0.1) is 5.41 Å². The summed E-state index contributed by atoms with van der Waals surface area (Å²) in [5.41, 5.74) is -0.796. The molecule has 5 heteroatoms. The van der Waals surface area contributed by atoms with Crippen LogP contribution in [0.1, 0.15) is 12.8 Å². The summed E-state index contributed by atoms with van der Waals surface area (Å²) >= 11 is 0. The Kier molecular flexibility index (Phi) is 10.4. The molecule has 0 saturated heterocycles. The van der Waals surface area contributed by atoms with Gasteiger partial charge in [0.25, 0.3) is 0 Å². The average molecular weight is 346 g/mol. The molecule has 0 N–H and O–H groups in total. The number of hydrogen-bond acceptors (Lipinski definition) is 5. The van der Waals surface area contributed by atoms with Gasteiger partial charge in [-0.3, -0.25) is 4.79 Å². The van der Waals surface area contributed by atoms with Crippen molar-refractivity contribution in [3.63, 3.8) is 0 Å². The molecule has 0 aromatic rings. The minimum atomic E-state index is -0.796. The third-order valence-corrected chi connectivity index (χ3v) is 3.40. The lowest BCUT2D eigenvalue weighted by atomic mass is 9.84. The van der Waals surface area contributed by atoms with E-state index in [1.54, 1.807) is 0 Å².